The Morgan fingerprint density at radius 1 is 1.44 bits per heavy atom. The van der Waals surface area contributed by atoms with Gasteiger partial charge in [-0.15, -0.1) is 0 Å². The van der Waals surface area contributed by atoms with Crippen LogP contribution in [0, 0.1) is 11.8 Å². The minimum atomic E-state index is -1.20. The van der Waals surface area contributed by atoms with Crippen LogP contribution in [0.5, 0.6) is 0 Å². The highest BCUT2D eigenvalue weighted by molar-refractivity contribution is 7.80. The van der Waals surface area contributed by atoms with E-state index in [1.807, 2.05) is 0 Å². The van der Waals surface area contributed by atoms with Crippen LogP contribution in [0.15, 0.2) is 11.6 Å². The number of nitrogens with zero attached hydrogens (tertiary/aromatic N) is 1. The normalized spacial score (nSPS) is 23.7. The summed E-state index contributed by atoms with van der Waals surface area (Å²) in [5, 5.41) is 8.87. The van der Waals surface area contributed by atoms with Gasteiger partial charge in [-0.1, -0.05) is 11.6 Å². The molecule has 140 valence electrons. The second-order valence-corrected chi connectivity index (χ2v) is 7.08. The van der Waals surface area contributed by atoms with Gasteiger partial charge in [-0.3, -0.25) is 9.59 Å². The predicted octanol–water partition coefficient (Wildman–Crippen LogP) is 0.835. The van der Waals surface area contributed by atoms with Crippen LogP contribution >= 0.6 is 12.6 Å². The third-order valence-electron chi connectivity index (χ3n) is 5.11. The highest BCUT2D eigenvalue weighted by Crippen LogP contribution is 2.44. The Morgan fingerprint density at radius 2 is 2.16 bits per heavy atom. The third kappa shape index (κ3) is 4.76. The lowest BCUT2D eigenvalue weighted by Crippen LogP contribution is -2.53. The van der Waals surface area contributed by atoms with Crippen molar-refractivity contribution in [2.45, 2.75) is 44.2 Å². The van der Waals surface area contributed by atoms with Gasteiger partial charge in [0.25, 0.3) is 0 Å². The summed E-state index contributed by atoms with van der Waals surface area (Å²) in [6.07, 6.45) is 6.03. The summed E-state index contributed by atoms with van der Waals surface area (Å²) < 4.78 is 4.76. The quantitative estimate of drug-likeness (QED) is 0.315. The maximum atomic E-state index is 12.6. The second-order valence-electron chi connectivity index (χ2n) is 6.72. The van der Waals surface area contributed by atoms with Crippen molar-refractivity contribution in [3.8, 4) is 0 Å². The SMILES string of the molecule is COC(=O)[C@H](CS)N(CCC1=CC2CC[C@H]1C2)C(=O)[C@@H](N)CC(=O)O. The standard InChI is InChI=1S/C17H26N2O5S/c1-24-17(23)14(9-25)19(16(22)13(18)8-15(20)21)5-4-12-7-10-2-3-11(12)6-10/h7,10-11,13-14,25H,2-6,8-9,18H2,1H3,(H,20,21)/t10?,11-,13-,14-/m0/s1. The molecule has 8 heteroatoms. The Labute approximate surface area is 153 Å². The molecule has 0 spiro atoms. The fourth-order valence-corrected chi connectivity index (χ4v) is 4.17. The topological polar surface area (TPSA) is 110 Å². The first kappa shape index (κ1) is 19.8. The van der Waals surface area contributed by atoms with Gasteiger partial charge in [0.05, 0.1) is 19.6 Å². The second kappa shape index (κ2) is 8.71. The van der Waals surface area contributed by atoms with Gasteiger partial charge in [-0.2, -0.15) is 12.6 Å². The van der Waals surface area contributed by atoms with Gasteiger partial charge < -0.3 is 20.5 Å². The largest absolute Gasteiger partial charge is 0.481 e. The number of esters is 1. The molecule has 2 bridgehead atoms. The van der Waals surface area contributed by atoms with Gasteiger partial charge in [0.2, 0.25) is 5.91 Å². The van der Waals surface area contributed by atoms with E-state index in [0.29, 0.717) is 24.8 Å². The number of hydrogen-bond acceptors (Lipinski definition) is 6. The van der Waals surface area contributed by atoms with E-state index < -0.39 is 36.4 Å². The molecule has 0 saturated heterocycles. The van der Waals surface area contributed by atoms with Crippen molar-refractivity contribution in [3.05, 3.63) is 11.6 Å². The highest BCUT2D eigenvalue weighted by atomic mass is 32.1. The molecule has 0 aliphatic heterocycles. The summed E-state index contributed by atoms with van der Waals surface area (Å²) in [4.78, 5) is 36.8. The van der Waals surface area contributed by atoms with Gasteiger partial charge in [0.15, 0.2) is 0 Å². The molecule has 1 saturated carbocycles. The van der Waals surface area contributed by atoms with Crippen molar-refractivity contribution < 1.29 is 24.2 Å². The number of rotatable bonds is 9. The Bertz CT molecular complexity index is 565. The van der Waals surface area contributed by atoms with Crippen molar-refractivity contribution in [1.82, 2.24) is 4.90 Å². The minimum absolute atomic E-state index is 0.0866. The van der Waals surface area contributed by atoms with Crippen LogP contribution < -0.4 is 5.73 Å². The van der Waals surface area contributed by atoms with Gasteiger partial charge in [0, 0.05) is 12.3 Å². The Hall–Kier alpha value is -1.54. The lowest BCUT2D eigenvalue weighted by Gasteiger charge is -2.31. The van der Waals surface area contributed by atoms with Crippen LogP contribution in [0.1, 0.15) is 32.1 Å². The fourth-order valence-electron chi connectivity index (χ4n) is 3.82. The average Bonchev–Trinajstić information content (AvgIpc) is 3.19. The summed E-state index contributed by atoms with van der Waals surface area (Å²) >= 11 is 4.16. The number of fused-ring (bicyclic) bond motifs is 2. The number of methoxy groups -OCH3 is 1. The Morgan fingerprint density at radius 3 is 2.64 bits per heavy atom. The number of amides is 1. The molecule has 0 radical (unpaired) electrons. The van der Waals surface area contributed by atoms with E-state index in [4.69, 9.17) is 15.6 Å². The smallest absolute Gasteiger partial charge is 0.329 e. The molecule has 2 aliphatic rings. The summed E-state index contributed by atoms with van der Waals surface area (Å²) in [6.45, 7) is 0.307. The van der Waals surface area contributed by atoms with Crippen molar-refractivity contribution in [1.29, 1.82) is 0 Å². The zero-order valence-corrected chi connectivity index (χ0v) is 15.3. The minimum Gasteiger partial charge on any atom is -0.481 e. The van der Waals surface area contributed by atoms with E-state index in [9.17, 15) is 14.4 Å². The number of hydrogen-bond donors (Lipinski definition) is 3. The number of carbonyl (C=O) groups is 3. The number of aliphatic carboxylic acids is 1. The zero-order chi connectivity index (χ0) is 18.6. The number of allylic oxidation sites excluding steroid dienone is 1. The molecule has 0 heterocycles. The van der Waals surface area contributed by atoms with Gasteiger partial charge in [-0.05, 0) is 37.5 Å². The van der Waals surface area contributed by atoms with E-state index in [2.05, 4.69) is 18.7 Å². The summed E-state index contributed by atoms with van der Waals surface area (Å²) in [5.41, 5.74) is 7.06. The predicted molar refractivity (Wildman–Crippen MR) is 95.1 cm³/mol. The van der Waals surface area contributed by atoms with Gasteiger partial charge >= 0.3 is 11.9 Å². The van der Waals surface area contributed by atoms with E-state index in [0.717, 1.165) is 0 Å². The number of carbonyl (C=O) groups excluding carboxylic acids is 2. The molecule has 4 atom stereocenters. The lowest BCUT2D eigenvalue weighted by molar-refractivity contribution is -0.153. The monoisotopic (exact) mass is 370 g/mol. The molecule has 3 N–H and O–H groups in total. The number of carboxylic acids is 1. The van der Waals surface area contributed by atoms with Crippen molar-refractivity contribution in [2.75, 3.05) is 19.4 Å². The van der Waals surface area contributed by atoms with Crippen molar-refractivity contribution >= 4 is 30.5 Å². The van der Waals surface area contributed by atoms with Gasteiger partial charge in [-0.25, -0.2) is 4.79 Å². The molecule has 1 fully saturated rings. The maximum Gasteiger partial charge on any atom is 0.329 e. The first-order valence-corrected chi connectivity index (χ1v) is 9.17. The molecule has 25 heavy (non-hydrogen) atoms. The van der Waals surface area contributed by atoms with E-state index >= 15 is 0 Å². The zero-order valence-electron chi connectivity index (χ0n) is 14.4. The summed E-state index contributed by atoms with van der Waals surface area (Å²) in [5.74, 6) is -0.994. The first-order valence-electron chi connectivity index (χ1n) is 8.54. The van der Waals surface area contributed by atoms with Crippen LogP contribution in [0.4, 0.5) is 0 Å². The Balaban J connectivity index is 2.10. The van der Waals surface area contributed by atoms with Gasteiger partial charge in [0.1, 0.15) is 6.04 Å². The molecule has 1 amide bonds. The third-order valence-corrected chi connectivity index (χ3v) is 5.45. The molecule has 2 rings (SSSR count). The first-order chi connectivity index (χ1) is 11.9. The summed E-state index contributed by atoms with van der Waals surface area (Å²) in [7, 11) is 1.25. The maximum absolute atomic E-state index is 12.6. The number of ether oxygens (including phenoxy) is 1. The van der Waals surface area contributed by atoms with Crippen molar-refractivity contribution in [2.24, 2.45) is 17.6 Å². The number of thiol groups is 1. The fraction of sp³-hybridized carbons (Fsp3) is 0.706. The highest BCUT2D eigenvalue weighted by Gasteiger charge is 2.36. The number of carboxylic acid groups (broad SMARTS) is 1. The molecule has 1 unspecified atom stereocenters. The van der Waals surface area contributed by atoms with Crippen LogP contribution in [0.3, 0.4) is 0 Å². The molecule has 2 aliphatic carbocycles. The molecule has 0 aromatic carbocycles. The van der Waals surface area contributed by atoms with E-state index in [1.54, 1.807) is 0 Å². The molecule has 0 aromatic heterocycles. The van der Waals surface area contributed by atoms with Crippen molar-refractivity contribution in [3.63, 3.8) is 0 Å². The van der Waals surface area contributed by atoms with E-state index in [-0.39, 0.29) is 5.75 Å². The molecular formula is C17H26N2O5S. The number of nitrogens with two attached hydrogens (primary N) is 1. The van der Waals surface area contributed by atoms with Crippen LogP contribution in [-0.2, 0) is 19.1 Å². The van der Waals surface area contributed by atoms with Crippen LogP contribution in [0.25, 0.3) is 0 Å². The van der Waals surface area contributed by atoms with Crippen LogP contribution in [0.2, 0.25) is 0 Å². The molecule has 0 aromatic rings. The lowest BCUT2D eigenvalue weighted by atomic mass is 9.95. The van der Waals surface area contributed by atoms with E-state index in [1.165, 1.54) is 36.8 Å². The molecular weight excluding hydrogens is 344 g/mol. The summed E-state index contributed by atoms with van der Waals surface area (Å²) in [6, 6.07) is -2.07. The molecule has 7 nitrogen and oxygen atoms in total. The average molecular weight is 370 g/mol. The van der Waals surface area contributed by atoms with Crippen LogP contribution in [-0.4, -0.2) is 59.3 Å². The Kier molecular flexibility index (Phi) is 6.89.